The number of nitrogens with one attached hydrogen (secondary N) is 2. The molecule has 0 aromatic rings. The first kappa shape index (κ1) is 28.4. The van der Waals surface area contributed by atoms with E-state index in [0.29, 0.717) is 25.6 Å². The van der Waals surface area contributed by atoms with Gasteiger partial charge in [-0.15, -0.1) is 24.0 Å². The van der Waals surface area contributed by atoms with Crippen LogP contribution in [0.2, 0.25) is 0 Å². The predicted octanol–water partition coefficient (Wildman–Crippen LogP) is 1.40. The summed E-state index contributed by atoms with van der Waals surface area (Å²) in [5.74, 6) is 1.52. The van der Waals surface area contributed by atoms with Gasteiger partial charge in [-0.1, -0.05) is 13.8 Å². The molecule has 0 spiro atoms. The number of amides is 1. The maximum atomic E-state index is 11.9. The van der Waals surface area contributed by atoms with Crippen molar-refractivity contribution in [2.24, 2.45) is 10.9 Å². The Labute approximate surface area is 194 Å². The van der Waals surface area contributed by atoms with Crippen LogP contribution >= 0.6 is 24.0 Å². The zero-order valence-electron chi connectivity index (χ0n) is 18.9. The van der Waals surface area contributed by atoms with E-state index in [1.807, 2.05) is 6.92 Å². The maximum absolute atomic E-state index is 11.9. The predicted molar refractivity (Wildman–Crippen MR) is 129 cm³/mol. The molecule has 0 bridgehead atoms. The molecule has 0 aliphatic carbocycles. The molecule has 0 aromatic heterocycles. The monoisotopic (exact) mass is 527 g/mol. The third kappa shape index (κ3) is 12.0. The number of nitrogens with zero attached hydrogens (tertiary/aromatic N) is 3. The van der Waals surface area contributed by atoms with Gasteiger partial charge in [0.25, 0.3) is 0 Å². The van der Waals surface area contributed by atoms with Crippen LogP contribution in [0.5, 0.6) is 0 Å². The quantitative estimate of drug-likeness (QED) is 0.173. The minimum absolute atomic E-state index is 0. The van der Waals surface area contributed by atoms with Crippen molar-refractivity contribution in [3.05, 3.63) is 0 Å². The van der Waals surface area contributed by atoms with Crippen LogP contribution in [-0.2, 0) is 14.3 Å². The van der Waals surface area contributed by atoms with Gasteiger partial charge in [0.05, 0.1) is 19.3 Å². The minimum atomic E-state index is 0. The highest BCUT2D eigenvalue weighted by molar-refractivity contribution is 14.0. The van der Waals surface area contributed by atoms with E-state index >= 15 is 0 Å². The van der Waals surface area contributed by atoms with Gasteiger partial charge in [-0.05, 0) is 26.2 Å². The third-order valence-electron chi connectivity index (χ3n) is 4.80. The van der Waals surface area contributed by atoms with Crippen molar-refractivity contribution in [1.82, 2.24) is 20.4 Å². The molecule has 0 aromatic carbocycles. The SMILES string of the molecule is CCNC(=NCCC(OCC)C(C)C)N1CCN(CC(=O)NCCOC)CC1.I. The smallest absolute Gasteiger partial charge is 0.234 e. The van der Waals surface area contributed by atoms with E-state index in [1.54, 1.807) is 7.11 Å². The fraction of sp³-hybridized carbons (Fsp3) is 0.900. The topological polar surface area (TPSA) is 78.4 Å². The Morgan fingerprint density at radius 3 is 2.38 bits per heavy atom. The lowest BCUT2D eigenvalue weighted by Gasteiger charge is -2.36. The van der Waals surface area contributed by atoms with E-state index in [0.717, 1.165) is 58.3 Å². The summed E-state index contributed by atoms with van der Waals surface area (Å²) >= 11 is 0. The molecule has 172 valence electrons. The van der Waals surface area contributed by atoms with Crippen molar-refractivity contribution >= 4 is 35.8 Å². The van der Waals surface area contributed by atoms with Gasteiger partial charge < -0.3 is 25.0 Å². The average molecular weight is 527 g/mol. The molecule has 9 heteroatoms. The van der Waals surface area contributed by atoms with E-state index in [9.17, 15) is 4.79 Å². The first-order valence-corrected chi connectivity index (χ1v) is 10.6. The number of guanidine groups is 1. The van der Waals surface area contributed by atoms with Crippen LogP contribution in [0, 0.1) is 5.92 Å². The third-order valence-corrected chi connectivity index (χ3v) is 4.80. The molecule has 1 saturated heterocycles. The van der Waals surface area contributed by atoms with Gasteiger partial charge in [0.2, 0.25) is 5.91 Å². The molecule has 1 rings (SSSR count). The largest absolute Gasteiger partial charge is 0.383 e. The first-order chi connectivity index (χ1) is 13.5. The van der Waals surface area contributed by atoms with E-state index in [2.05, 4.69) is 41.2 Å². The highest BCUT2D eigenvalue weighted by atomic mass is 127. The molecule has 0 radical (unpaired) electrons. The highest BCUT2D eigenvalue weighted by Crippen LogP contribution is 2.11. The number of aliphatic imine (C=N–C) groups is 1. The van der Waals surface area contributed by atoms with Crippen LogP contribution in [-0.4, -0.2) is 100 Å². The average Bonchev–Trinajstić information content (AvgIpc) is 2.67. The molecule has 1 unspecified atom stereocenters. The Hall–Kier alpha value is -0.650. The summed E-state index contributed by atoms with van der Waals surface area (Å²) in [5.41, 5.74) is 0. The van der Waals surface area contributed by atoms with Crippen LogP contribution in [0.4, 0.5) is 0 Å². The molecular weight excluding hydrogens is 485 g/mol. The zero-order chi connectivity index (χ0) is 20.8. The minimum Gasteiger partial charge on any atom is -0.383 e. The Morgan fingerprint density at radius 1 is 1.14 bits per heavy atom. The van der Waals surface area contributed by atoms with Gasteiger partial charge in [-0.2, -0.15) is 0 Å². The van der Waals surface area contributed by atoms with Crippen molar-refractivity contribution in [2.45, 2.75) is 40.2 Å². The van der Waals surface area contributed by atoms with E-state index in [-0.39, 0.29) is 36.0 Å². The molecule has 0 saturated carbocycles. The second kappa shape index (κ2) is 17.1. The second-order valence-corrected chi connectivity index (χ2v) is 7.37. The van der Waals surface area contributed by atoms with Crippen molar-refractivity contribution in [2.75, 3.05) is 72.7 Å². The molecule has 8 nitrogen and oxygen atoms in total. The molecule has 1 aliphatic heterocycles. The molecule has 1 aliphatic rings. The summed E-state index contributed by atoms with van der Waals surface area (Å²) in [6.45, 7) is 15.9. The number of ether oxygens (including phenoxy) is 2. The second-order valence-electron chi connectivity index (χ2n) is 7.37. The Balaban J connectivity index is 0.00000784. The Morgan fingerprint density at radius 2 is 1.83 bits per heavy atom. The summed E-state index contributed by atoms with van der Waals surface area (Å²) in [4.78, 5) is 21.2. The van der Waals surface area contributed by atoms with E-state index in [4.69, 9.17) is 14.5 Å². The number of halogens is 1. The molecule has 1 amide bonds. The number of carbonyl (C=O) groups is 1. The van der Waals surface area contributed by atoms with Crippen molar-refractivity contribution < 1.29 is 14.3 Å². The number of carbonyl (C=O) groups excluding carboxylic acids is 1. The van der Waals surface area contributed by atoms with Crippen LogP contribution in [0.3, 0.4) is 0 Å². The summed E-state index contributed by atoms with van der Waals surface area (Å²) in [6, 6.07) is 0. The van der Waals surface area contributed by atoms with Gasteiger partial charge in [0, 0.05) is 59.5 Å². The lowest BCUT2D eigenvalue weighted by Crippen LogP contribution is -2.54. The molecule has 1 heterocycles. The molecule has 1 atom stereocenters. The molecular formula is C20H42IN5O3. The number of rotatable bonds is 12. The van der Waals surface area contributed by atoms with Crippen molar-refractivity contribution in [3.8, 4) is 0 Å². The lowest BCUT2D eigenvalue weighted by atomic mass is 10.0. The van der Waals surface area contributed by atoms with Crippen molar-refractivity contribution in [1.29, 1.82) is 0 Å². The maximum Gasteiger partial charge on any atom is 0.234 e. The number of hydrogen-bond donors (Lipinski definition) is 2. The summed E-state index contributed by atoms with van der Waals surface area (Å²) in [7, 11) is 1.63. The first-order valence-electron chi connectivity index (χ1n) is 10.6. The van der Waals surface area contributed by atoms with Gasteiger partial charge >= 0.3 is 0 Å². The summed E-state index contributed by atoms with van der Waals surface area (Å²) in [6.07, 6.45) is 1.19. The van der Waals surface area contributed by atoms with Crippen LogP contribution in [0.25, 0.3) is 0 Å². The van der Waals surface area contributed by atoms with Crippen LogP contribution < -0.4 is 10.6 Å². The zero-order valence-corrected chi connectivity index (χ0v) is 21.2. The highest BCUT2D eigenvalue weighted by Gasteiger charge is 2.21. The fourth-order valence-corrected chi connectivity index (χ4v) is 3.22. The van der Waals surface area contributed by atoms with Gasteiger partial charge in [-0.25, -0.2) is 0 Å². The lowest BCUT2D eigenvalue weighted by molar-refractivity contribution is -0.122. The van der Waals surface area contributed by atoms with E-state index in [1.165, 1.54) is 0 Å². The Bertz CT molecular complexity index is 457. The molecule has 1 fully saturated rings. The summed E-state index contributed by atoms with van der Waals surface area (Å²) in [5, 5.41) is 6.28. The summed E-state index contributed by atoms with van der Waals surface area (Å²) < 4.78 is 10.8. The standard InChI is InChI=1S/C20H41N5O3.HI/c1-6-21-20(23-9-8-18(17(3)4)28-7-2)25-13-11-24(12-14-25)16-19(26)22-10-15-27-5;/h17-18H,6-16H2,1-5H3,(H,21,23)(H,22,26);1H. The fourth-order valence-electron chi connectivity index (χ4n) is 3.22. The molecule has 29 heavy (non-hydrogen) atoms. The van der Waals surface area contributed by atoms with Crippen LogP contribution in [0.15, 0.2) is 4.99 Å². The van der Waals surface area contributed by atoms with Crippen LogP contribution in [0.1, 0.15) is 34.1 Å². The van der Waals surface area contributed by atoms with Gasteiger partial charge in [0.15, 0.2) is 5.96 Å². The normalized spacial score (nSPS) is 16.5. The van der Waals surface area contributed by atoms with E-state index < -0.39 is 0 Å². The van der Waals surface area contributed by atoms with Gasteiger partial charge in [-0.3, -0.25) is 14.7 Å². The molecule has 2 N–H and O–H groups in total. The van der Waals surface area contributed by atoms with Crippen molar-refractivity contribution in [3.63, 3.8) is 0 Å². The number of hydrogen-bond acceptors (Lipinski definition) is 5. The number of piperazine rings is 1. The number of methoxy groups -OCH3 is 1. The Kier molecular flexibility index (Phi) is 16.7. The van der Waals surface area contributed by atoms with Gasteiger partial charge in [0.1, 0.15) is 0 Å².